The van der Waals surface area contributed by atoms with Crippen molar-refractivity contribution < 1.29 is 0 Å². The van der Waals surface area contributed by atoms with Crippen molar-refractivity contribution in [1.82, 2.24) is 14.1 Å². The van der Waals surface area contributed by atoms with Gasteiger partial charge in [0.25, 0.3) is 0 Å². The van der Waals surface area contributed by atoms with Gasteiger partial charge in [0.15, 0.2) is 0 Å². The van der Waals surface area contributed by atoms with Gasteiger partial charge < -0.3 is 9.47 Å². The van der Waals surface area contributed by atoms with E-state index in [0.717, 1.165) is 22.5 Å². The van der Waals surface area contributed by atoms with Gasteiger partial charge in [-0.2, -0.15) is 0 Å². The number of allylic oxidation sites excluding steroid dienone is 2. The molecular weight excluding hydrogens is 693 g/mol. The molecule has 0 fully saturated rings. The van der Waals surface area contributed by atoms with E-state index in [-0.39, 0.29) is 12.0 Å². The standard InChI is InChI=1S/C53H36N4/c1-3-15-38(16-4-1)55-47-22-10-7-19-40(47)45-32-36(27-29-50(45)55)43-33-37(34-46-42-21-9-11-23-48(42)56(53(43)46)39-17-5-2-6-18-39)35-26-28-51-44(31-35)41-20-8-12-24-49(41)57(51)52-25-13-14-30-54-52/h1-34,45,50H. The summed E-state index contributed by atoms with van der Waals surface area (Å²) in [5.41, 5.74) is 14.6. The van der Waals surface area contributed by atoms with Crippen LogP contribution in [-0.4, -0.2) is 20.2 Å². The highest BCUT2D eigenvalue weighted by Gasteiger charge is 2.38. The van der Waals surface area contributed by atoms with Crippen LogP contribution in [0.1, 0.15) is 17.0 Å². The van der Waals surface area contributed by atoms with Crippen LogP contribution in [0.3, 0.4) is 0 Å². The molecule has 4 heterocycles. The molecular formula is C53H36N4. The van der Waals surface area contributed by atoms with Crippen LogP contribution < -0.4 is 4.90 Å². The summed E-state index contributed by atoms with van der Waals surface area (Å²) in [4.78, 5) is 7.27. The Labute approximate surface area is 330 Å². The van der Waals surface area contributed by atoms with Crippen molar-refractivity contribution in [2.24, 2.45) is 0 Å². The Kier molecular flexibility index (Phi) is 7.02. The van der Waals surface area contributed by atoms with Crippen molar-refractivity contribution in [1.29, 1.82) is 0 Å². The Balaban J connectivity index is 1.11. The van der Waals surface area contributed by atoms with Crippen LogP contribution in [0.2, 0.25) is 0 Å². The van der Waals surface area contributed by atoms with Gasteiger partial charge in [0.2, 0.25) is 0 Å². The molecule has 10 aromatic rings. The zero-order valence-electron chi connectivity index (χ0n) is 31.1. The lowest BCUT2D eigenvalue weighted by Crippen LogP contribution is -2.28. The molecule has 0 radical (unpaired) electrons. The molecule has 7 aromatic carbocycles. The molecule has 57 heavy (non-hydrogen) atoms. The highest BCUT2D eigenvalue weighted by atomic mass is 15.2. The molecule has 0 amide bonds. The number of pyridine rings is 1. The van der Waals surface area contributed by atoms with Crippen molar-refractivity contribution >= 4 is 60.6 Å². The Hall–Kier alpha value is -7.43. The number of anilines is 2. The molecule has 4 nitrogen and oxygen atoms in total. The first-order valence-corrected chi connectivity index (χ1v) is 19.7. The van der Waals surface area contributed by atoms with Crippen LogP contribution in [0, 0.1) is 0 Å². The summed E-state index contributed by atoms with van der Waals surface area (Å²) in [5, 5.41) is 4.92. The van der Waals surface area contributed by atoms with Crippen molar-refractivity contribution in [3.8, 4) is 22.6 Å². The van der Waals surface area contributed by atoms with Crippen LogP contribution in [0.5, 0.6) is 0 Å². The first-order valence-electron chi connectivity index (χ1n) is 19.7. The number of fused-ring (bicyclic) bond motifs is 9. The lowest BCUT2D eigenvalue weighted by atomic mass is 9.85. The van der Waals surface area contributed by atoms with E-state index in [2.05, 4.69) is 208 Å². The van der Waals surface area contributed by atoms with Gasteiger partial charge in [-0.1, -0.05) is 121 Å². The van der Waals surface area contributed by atoms with Gasteiger partial charge in [0.1, 0.15) is 5.82 Å². The molecule has 12 rings (SSSR count). The fourth-order valence-electron chi connectivity index (χ4n) is 9.63. The van der Waals surface area contributed by atoms with Gasteiger partial charge in [0.05, 0.1) is 28.1 Å². The maximum Gasteiger partial charge on any atom is 0.137 e. The van der Waals surface area contributed by atoms with E-state index >= 15 is 0 Å². The van der Waals surface area contributed by atoms with E-state index in [1.165, 1.54) is 71.8 Å². The third-order valence-corrected chi connectivity index (χ3v) is 12.1. The summed E-state index contributed by atoms with van der Waals surface area (Å²) in [6, 6.07) is 66.2. The molecule has 3 aromatic heterocycles. The van der Waals surface area contributed by atoms with Crippen LogP contribution in [0.25, 0.3) is 71.8 Å². The van der Waals surface area contributed by atoms with Gasteiger partial charge in [-0.25, -0.2) is 4.98 Å². The number of para-hydroxylation sites is 5. The lowest BCUT2D eigenvalue weighted by Gasteiger charge is -2.30. The highest BCUT2D eigenvalue weighted by molar-refractivity contribution is 6.15. The minimum Gasteiger partial charge on any atom is -0.333 e. The van der Waals surface area contributed by atoms with E-state index in [1.807, 2.05) is 12.3 Å². The van der Waals surface area contributed by atoms with Crippen LogP contribution in [0.4, 0.5) is 11.4 Å². The second-order valence-corrected chi connectivity index (χ2v) is 15.1. The Morgan fingerprint density at radius 3 is 1.91 bits per heavy atom. The second kappa shape index (κ2) is 12.6. The quantitative estimate of drug-likeness (QED) is 0.176. The molecule has 1 aliphatic heterocycles. The van der Waals surface area contributed by atoms with Crippen molar-refractivity contribution in [3.63, 3.8) is 0 Å². The summed E-state index contributed by atoms with van der Waals surface area (Å²) in [6.07, 6.45) is 9.20. The van der Waals surface area contributed by atoms with Crippen LogP contribution >= 0.6 is 0 Å². The predicted octanol–water partition coefficient (Wildman–Crippen LogP) is 13.2. The smallest absolute Gasteiger partial charge is 0.137 e. The summed E-state index contributed by atoms with van der Waals surface area (Å²) < 4.78 is 4.75. The SMILES string of the molecule is C1=CC2C(C=C1c1cc(-c3ccc4c(c3)c3ccccc3n4-c3ccccn3)cc3c4ccccc4n(-c4ccccc4)c13)c1ccccc1N2c1ccccc1. The number of aromatic nitrogens is 3. The normalized spacial score (nSPS) is 16.1. The first kappa shape index (κ1) is 31.9. The molecule has 268 valence electrons. The largest absolute Gasteiger partial charge is 0.333 e. The molecule has 2 atom stereocenters. The van der Waals surface area contributed by atoms with Gasteiger partial charge in [0, 0.05) is 56.3 Å². The number of hydrogen-bond acceptors (Lipinski definition) is 2. The molecule has 0 saturated heterocycles. The topological polar surface area (TPSA) is 26.0 Å². The number of rotatable bonds is 5. The van der Waals surface area contributed by atoms with E-state index in [9.17, 15) is 0 Å². The van der Waals surface area contributed by atoms with Gasteiger partial charge in [-0.15, -0.1) is 0 Å². The third kappa shape index (κ3) is 4.84. The monoisotopic (exact) mass is 728 g/mol. The molecule has 2 aliphatic rings. The maximum absolute atomic E-state index is 4.76. The van der Waals surface area contributed by atoms with E-state index in [4.69, 9.17) is 4.98 Å². The third-order valence-electron chi connectivity index (χ3n) is 12.1. The summed E-state index contributed by atoms with van der Waals surface area (Å²) in [7, 11) is 0. The summed E-state index contributed by atoms with van der Waals surface area (Å²) in [5.74, 6) is 1.12. The van der Waals surface area contributed by atoms with Gasteiger partial charge >= 0.3 is 0 Å². The average molecular weight is 729 g/mol. The van der Waals surface area contributed by atoms with E-state index < -0.39 is 0 Å². The number of nitrogens with zero attached hydrogens (tertiary/aromatic N) is 4. The van der Waals surface area contributed by atoms with Gasteiger partial charge in [-0.05, 0) is 101 Å². The molecule has 0 N–H and O–H groups in total. The first-order chi connectivity index (χ1) is 28.3. The minimum atomic E-state index is 0.186. The van der Waals surface area contributed by atoms with E-state index in [1.54, 1.807) is 0 Å². The zero-order chi connectivity index (χ0) is 37.5. The molecule has 4 heteroatoms. The zero-order valence-corrected chi connectivity index (χ0v) is 31.1. The van der Waals surface area contributed by atoms with Gasteiger partial charge in [-0.3, -0.25) is 4.57 Å². The summed E-state index contributed by atoms with van der Waals surface area (Å²) >= 11 is 0. The number of hydrogen-bond donors (Lipinski definition) is 0. The molecule has 0 saturated carbocycles. The average Bonchev–Trinajstić information content (AvgIpc) is 3.92. The predicted molar refractivity (Wildman–Crippen MR) is 237 cm³/mol. The Morgan fingerprint density at radius 2 is 1.12 bits per heavy atom. The molecule has 0 spiro atoms. The van der Waals surface area contributed by atoms with Crippen molar-refractivity contribution in [2.75, 3.05) is 4.90 Å². The van der Waals surface area contributed by atoms with E-state index in [0.29, 0.717) is 0 Å². The maximum atomic E-state index is 4.76. The second-order valence-electron chi connectivity index (χ2n) is 15.1. The summed E-state index contributed by atoms with van der Waals surface area (Å²) in [6.45, 7) is 0. The molecule has 2 unspecified atom stereocenters. The molecule has 0 bridgehead atoms. The van der Waals surface area contributed by atoms with Crippen molar-refractivity contribution in [2.45, 2.75) is 12.0 Å². The highest BCUT2D eigenvalue weighted by Crippen LogP contribution is 2.50. The van der Waals surface area contributed by atoms with Crippen LogP contribution in [0.15, 0.2) is 206 Å². The minimum absolute atomic E-state index is 0.186. The molecule has 1 aliphatic carbocycles. The van der Waals surface area contributed by atoms with Crippen molar-refractivity contribution in [3.05, 3.63) is 218 Å². The Morgan fingerprint density at radius 1 is 0.474 bits per heavy atom. The number of benzene rings is 7. The fourth-order valence-corrected chi connectivity index (χ4v) is 9.63. The Bertz CT molecular complexity index is 3240. The fraction of sp³-hybridized carbons (Fsp3) is 0.0377. The lowest BCUT2D eigenvalue weighted by molar-refractivity contribution is 0.747. The van der Waals surface area contributed by atoms with Crippen LogP contribution in [-0.2, 0) is 0 Å².